The molecule has 3 aliphatic rings. The van der Waals surface area contributed by atoms with Gasteiger partial charge in [0.05, 0.1) is 30.5 Å². The Labute approximate surface area is 162 Å². The zero-order chi connectivity index (χ0) is 18.5. The fraction of sp³-hybridized carbons (Fsp3) is 0.333. The number of ether oxygens (including phenoxy) is 2. The molecule has 0 aliphatic carbocycles. The normalized spacial score (nSPS) is 18.6. The number of rotatable bonds is 4. The average Bonchev–Trinajstić information content (AvgIpc) is 3.11. The first-order valence-corrected chi connectivity index (χ1v) is 9.69. The van der Waals surface area contributed by atoms with Crippen LogP contribution in [-0.2, 0) is 11.3 Å². The number of nitrogens with zero attached hydrogens (tertiary/aromatic N) is 4. The van der Waals surface area contributed by atoms with Gasteiger partial charge in [0.15, 0.2) is 0 Å². The molecule has 142 valence electrons. The Morgan fingerprint density at radius 2 is 1.82 bits per heavy atom. The second kappa shape index (κ2) is 6.32. The van der Waals surface area contributed by atoms with E-state index < -0.39 is 0 Å². The molecule has 0 saturated carbocycles. The maximum absolute atomic E-state index is 5.74. The molecule has 0 unspecified atom stereocenters. The minimum absolute atomic E-state index is 0.506. The van der Waals surface area contributed by atoms with Crippen LogP contribution in [0.15, 0.2) is 48.8 Å². The average molecular weight is 375 g/mol. The monoisotopic (exact) mass is 375 g/mol. The molecule has 0 radical (unpaired) electrons. The Morgan fingerprint density at radius 3 is 2.61 bits per heavy atom. The van der Waals surface area contributed by atoms with Crippen molar-refractivity contribution in [1.82, 2.24) is 20.1 Å². The van der Waals surface area contributed by atoms with Crippen LogP contribution in [0.25, 0.3) is 16.9 Å². The van der Waals surface area contributed by atoms with E-state index in [0.717, 1.165) is 48.8 Å². The zero-order valence-electron chi connectivity index (χ0n) is 15.4. The number of benzene rings is 1. The van der Waals surface area contributed by atoms with E-state index in [2.05, 4.69) is 39.5 Å². The molecule has 7 nitrogen and oxygen atoms in total. The summed E-state index contributed by atoms with van der Waals surface area (Å²) in [7, 11) is 0. The predicted molar refractivity (Wildman–Crippen MR) is 105 cm³/mol. The predicted octanol–water partition coefficient (Wildman–Crippen LogP) is 2.00. The summed E-state index contributed by atoms with van der Waals surface area (Å²) in [6.07, 6.45) is 3.79. The Morgan fingerprint density at radius 1 is 1.00 bits per heavy atom. The van der Waals surface area contributed by atoms with E-state index in [1.54, 1.807) is 6.20 Å². The van der Waals surface area contributed by atoms with Gasteiger partial charge >= 0.3 is 0 Å². The van der Waals surface area contributed by atoms with Gasteiger partial charge in [0.2, 0.25) is 5.88 Å². The SMILES string of the molecule is c1cnc2c(c1)-c1nn(-c3ccc(N4CC(NC5COC5)C4)cc3)cc1CO2. The number of anilines is 1. The summed E-state index contributed by atoms with van der Waals surface area (Å²) in [4.78, 5) is 6.68. The zero-order valence-corrected chi connectivity index (χ0v) is 15.4. The Kier molecular flexibility index (Phi) is 3.63. The van der Waals surface area contributed by atoms with Gasteiger partial charge in [-0.1, -0.05) is 0 Å². The Hall–Kier alpha value is -2.90. The molecule has 6 rings (SSSR count). The van der Waals surface area contributed by atoms with Gasteiger partial charge in [0.1, 0.15) is 12.3 Å². The number of fused-ring (bicyclic) bond motifs is 3. The molecule has 0 atom stereocenters. The van der Waals surface area contributed by atoms with Gasteiger partial charge in [-0.25, -0.2) is 9.67 Å². The minimum atomic E-state index is 0.506. The van der Waals surface area contributed by atoms with Crippen LogP contribution in [0.3, 0.4) is 0 Å². The van der Waals surface area contributed by atoms with Gasteiger partial charge in [0.25, 0.3) is 0 Å². The second-order valence-electron chi connectivity index (χ2n) is 7.61. The summed E-state index contributed by atoms with van der Waals surface area (Å²) in [5.41, 5.74) is 5.29. The van der Waals surface area contributed by atoms with Crippen molar-refractivity contribution in [2.75, 3.05) is 31.2 Å². The van der Waals surface area contributed by atoms with E-state index in [-0.39, 0.29) is 0 Å². The highest BCUT2D eigenvalue weighted by atomic mass is 16.5. The molecule has 0 spiro atoms. The standard InChI is InChI=1S/C21H21N5O2/c1-2-19-20-14(11-28-21(19)22-7-1)8-26(24-20)18-5-3-17(4-6-18)25-9-15(10-25)23-16-12-27-13-16/h1-8,15-16,23H,9-13H2. The number of aromatic nitrogens is 3. The largest absolute Gasteiger partial charge is 0.472 e. The third kappa shape index (κ3) is 2.66. The summed E-state index contributed by atoms with van der Waals surface area (Å²) in [5, 5.41) is 8.42. The molecule has 1 N–H and O–H groups in total. The van der Waals surface area contributed by atoms with Gasteiger partial charge in [-0.05, 0) is 36.4 Å². The van der Waals surface area contributed by atoms with E-state index in [1.165, 1.54) is 5.69 Å². The molecule has 7 heteroatoms. The lowest BCUT2D eigenvalue weighted by molar-refractivity contribution is -0.0114. The summed E-state index contributed by atoms with van der Waals surface area (Å²) in [6, 6.07) is 13.6. The lowest BCUT2D eigenvalue weighted by atomic mass is 10.1. The highest BCUT2D eigenvalue weighted by Crippen LogP contribution is 2.35. The maximum Gasteiger partial charge on any atom is 0.223 e. The smallest absolute Gasteiger partial charge is 0.223 e. The van der Waals surface area contributed by atoms with Gasteiger partial charge in [0, 0.05) is 42.8 Å². The topological polar surface area (TPSA) is 64.4 Å². The van der Waals surface area contributed by atoms with Crippen molar-refractivity contribution in [1.29, 1.82) is 0 Å². The van der Waals surface area contributed by atoms with Gasteiger partial charge in [-0.15, -0.1) is 0 Å². The van der Waals surface area contributed by atoms with Crippen molar-refractivity contribution in [3.63, 3.8) is 0 Å². The van der Waals surface area contributed by atoms with Crippen LogP contribution in [0.4, 0.5) is 5.69 Å². The summed E-state index contributed by atoms with van der Waals surface area (Å²) in [6.45, 7) is 4.31. The van der Waals surface area contributed by atoms with Crippen LogP contribution in [0.5, 0.6) is 5.88 Å². The van der Waals surface area contributed by atoms with Gasteiger partial charge in [-0.2, -0.15) is 5.10 Å². The first kappa shape index (κ1) is 16.1. The van der Waals surface area contributed by atoms with Gasteiger partial charge < -0.3 is 19.7 Å². The Balaban J connectivity index is 1.18. The van der Waals surface area contributed by atoms with E-state index in [9.17, 15) is 0 Å². The Bertz CT molecular complexity index is 1010. The second-order valence-corrected chi connectivity index (χ2v) is 7.61. The fourth-order valence-corrected chi connectivity index (χ4v) is 3.98. The molecule has 3 aliphatic heterocycles. The summed E-state index contributed by atoms with van der Waals surface area (Å²) >= 11 is 0. The molecule has 28 heavy (non-hydrogen) atoms. The van der Waals surface area contributed by atoms with Crippen LogP contribution in [0.2, 0.25) is 0 Å². The van der Waals surface area contributed by atoms with Gasteiger partial charge in [-0.3, -0.25) is 0 Å². The minimum Gasteiger partial charge on any atom is -0.472 e. The van der Waals surface area contributed by atoms with E-state index in [1.807, 2.05) is 23.0 Å². The molecule has 2 aromatic heterocycles. The van der Waals surface area contributed by atoms with Crippen molar-refractivity contribution in [3.05, 3.63) is 54.4 Å². The quantitative estimate of drug-likeness (QED) is 0.753. The lowest BCUT2D eigenvalue weighted by Gasteiger charge is -2.44. The number of pyridine rings is 1. The van der Waals surface area contributed by atoms with Crippen molar-refractivity contribution >= 4 is 5.69 Å². The molecule has 3 aromatic rings. The molecular weight excluding hydrogens is 354 g/mol. The third-order valence-electron chi connectivity index (χ3n) is 5.65. The van der Waals surface area contributed by atoms with Crippen LogP contribution < -0.4 is 15.0 Å². The first-order valence-electron chi connectivity index (χ1n) is 9.69. The van der Waals surface area contributed by atoms with Crippen molar-refractivity contribution in [3.8, 4) is 22.8 Å². The van der Waals surface area contributed by atoms with Crippen LogP contribution in [-0.4, -0.2) is 53.2 Å². The van der Waals surface area contributed by atoms with E-state index >= 15 is 0 Å². The maximum atomic E-state index is 5.74. The summed E-state index contributed by atoms with van der Waals surface area (Å²) in [5.74, 6) is 0.657. The summed E-state index contributed by atoms with van der Waals surface area (Å²) < 4.78 is 12.9. The van der Waals surface area contributed by atoms with Crippen molar-refractivity contribution < 1.29 is 9.47 Å². The molecule has 0 amide bonds. The van der Waals surface area contributed by atoms with Crippen LogP contribution in [0, 0.1) is 0 Å². The van der Waals surface area contributed by atoms with E-state index in [4.69, 9.17) is 14.6 Å². The van der Waals surface area contributed by atoms with E-state index in [0.29, 0.717) is 24.6 Å². The first-order chi connectivity index (χ1) is 13.8. The third-order valence-corrected chi connectivity index (χ3v) is 5.65. The number of nitrogens with one attached hydrogen (secondary N) is 1. The van der Waals surface area contributed by atoms with Crippen molar-refractivity contribution in [2.45, 2.75) is 18.7 Å². The molecule has 0 bridgehead atoms. The van der Waals surface area contributed by atoms with Crippen LogP contribution >= 0.6 is 0 Å². The molecule has 2 saturated heterocycles. The molecule has 1 aromatic carbocycles. The number of hydrogen-bond donors (Lipinski definition) is 1. The lowest BCUT2D eigenvalue weighted by Crippen LogP contribution is -2.63. The fourth-order valence-electron chi connectivity index (χ4n) is 3.98. The molecule has 5 heterocycles. The number of hydrogen-bond acceptors (Lipinski definition) is 6. The highest BCUT2D eigenvalue weighted by Gasteiger charge is 2.31. The highest BCUT2D eigenvalue weighted by molar-refractivity contribution is 5.69. The van der Waals surface area contributed by atoms with Crippen molar-refractivity contribution in [2.24, 2.45) is 0 Å². The molecular formula is C21H21N5O2. The van der Waals surface area contributed by atoms with Crippen LogP contribution in [0.1, 0.15) is 5.56 Å². The molecule has 2 fully saturated rings.